The van der Waals surface area contributed by atoms with E-state index < -0.39 is 0 Å². The summed E-state index contributed by atoms with van der Waals surface area (Å²) in [5.41, 5.74) is 4.14. The number of hydrogen-bond donors (Lipinski definition) is 0. The van der Waals surface area contributed by atoms with Gasteiger partial charge in [-0.05, 0) is 55.9 Å². The van der Waals surface area contributed by atoms with Gasteiger partial charge in [-0.3, -0.25) is 0 Å². The molecule has 1 rings (SSSR count). The summed E-state index contributed by atoms with van der Waals surface area (Å²) < 4.78 is 1.24. The number of hydrogen-bond acceptors (Lipinski definition) is 0. The summed E-state index contributed by atoms with van der Waals surface area (Å²) in [6.45, 7) is 8.67. The Bertz CT molecular complexity index is 364. The van der Waals surface area contributed by atoms with Crippen molar-refractivity contribution in [3.05, 3.63) is 45.4 Å². The largest absolute Gasteiger partial charge is 0.0916 e. The molecule has 1 unspecified atom stereocenters. The van der Waals surface area contributed by atoms with Crippen LogP contribution < -0.4 is 0 Å². The highest BCUT2D eigenvalue weighted by atomic mass is 79.9. The van der Waals surface area contributed by atoms with Crippen molar-refractivity contribution in [3.8, 4) is 0 Å². The molecule has 0 fully saturated rings. The Morgan fingerprint density at radius 3 is 2.47 bits per heavy atom. The first kappa shape index (κ1) is 12.5. The van der Waals surface area contributed by atoms with Crippen molar-refractivity contribution in [2.75, 3.05) is 0 Å². The van der Waals surface area contributed by atoms with Crippen LogP contribution in [-0.4, -0.2) is 0 Å². The van der Waals surface area contributed by atoms with Crippen LogP contribution in [0, 0.1) is 13.8 Å². The summed E-state index contributed by atoms with van der Waals surface area (Å²) in [7, 11) is 0. The Labute approximate surface area is 102 Å². The predicted octanol–water partition coefficient (Wildman–Crippen LogP) is 5.14. The Hall–Kier alpha value is -0.560. The van der Waals surface area contributed by atoms with Crippen molar-refractivity contribution in [1.82, 2.24) is 0 Å². The minimum absolute atomic E-state index is 0.579. The Balaban J connectivity index is 2.98. The van der Waals surface area contributed by atoms with Gasteiger partial charge >= 0.3 is 0 Å². The van der Waals surface area contributed by atoms with Gasteiger partial charge in [0.15, 0.2) is 0 Å². The van der Waals surface area contributed by atoms with E-state index in [1.165, 1.54) is 21.2 Å². The number of halogens is 1. The second-order valence-corrected chi connectivity index (χ2v) is 5.02. The Kier molecular flexibility index (Phi) is 4.59. The van der Waals surface area contributed by atoms with Crippen LogP contribution in [0.15, 0.2) is 28.8 Å². The highest BCUT2D eigenvalue weighted by molar-refractivity contribution is 9.10. The molecule has 0 bridgehead atoms. The van der Waals surface area contributed by atoms with Gasteiger partial charge in [-0.25, -0.2) is 0 Å². The molecule has 0 heterocycles. The fourth-order valence-corrected chi connectivity index (χ4v) is 2.50. The van der Waals surface area contributed by atoms with Crippen LogP contribution in [0.3, 0.4) is 0 Å². The van der Waals surface area contributed by atoms with Gasteiger partial charge in [-0.1, -0.05) is 41.1 Å². The first-order chi connectivity index (χ1) is 7.06. The van der Waals surface area contributed by atoms with Crippen LogP contribution in [0.5, 0.6) is 0 Å². The molecule has 0 N–H and O–H groups in total. The summed E-state index contributed by atoms with van der Waals surface area (Å²) >= 11 is 3.65. The molecule has 0 amide bonds. The molecule has 0 saturated carbocycles. The lowest BCUT2D eigenvalue weighted by Gasteiger charge is -2.14. The number of allylic oxidation sites excluding steroid dienone is 2. The zero-order valence-corrected chi connectivity index (χ0v) is 11.6. The number of aryl methyl sites for hydroxylation is 2. The van der Waals surface area contributed by atoms with Crippen LogP contribution in [-0.2, 0) is 0 Å². The standard InChI is InChI=1S/C14H19Br/c1-5-6-7-10(2)13-8-11(3)12(4)9-14(13)15/h5-6,8-10H,7H2,1-4H3/b6-5-. The van der Waals surface area contributed by atoms with Crippen molar-refractivity contribution >= 4 is 15.9 Å². The van der Waals surface area contributed by atoms with Crippen LogP contribution in [0.4, 0.5) is 0 Å². The summed E-state index contributed by atoms with van der Waals surface area (Å²) in [6, 6.07) is 4.52. The molecule has 1 aromatic rings. The molecule has 0 aliphatic heterocycles. The number of benzene rings is 1. The third-order valence-electron chi connectivity index (χ3n) is 2.87. The van der Waals surface area contributed by atoms with E-state index in [1.54, 1.807) is 0 Å². The molecule has 0 aliphatic carbocycles. The van der Waals surface area contributed by atoms with Gasteiger partial charge in [0.2, 0.25) is 0 Å². The summed E-state index contributed by atoms with van der Waals surface area (Å²) in [5, 5.41) is 0. The van der Waals surface area contributed by atoms with E-state index in [0.29, 0.717) is 5.92 Å². The molecular formula is C14H19Br. The lowest BCUT2D eigenvalue weighted by atomic mass is 9.94. The van der Waals surface area contributed by atoms with Gasteiger partial charge in [-0.2, -0.15) is 0 Å². The monoisotopic (exact) mass is 266 g/mol. The van der Waals surface area contributed by atoms with E-state index in [1.807, 2.05) is 0 Å². The van der Waals surface area contributed by atoms with Gasteiger partial charge in [0.05, 0.1) is 0 Å². The zero-order valence-electron chi connectivity index (χ0n) is 9.97. The average Bonchev–Trinajstić information content (AvgIpc) is 2.20. The molecule has 82 valence electrons. The molecule has 0 saturated heterocycles. The number of rotatable bonds is 3. The summed E-state index contributed by atoms with van der Waals surface area (Å²) in [6.07, 6.45) is 5.45. The van der Waals surface area contributed by atoms with Gasteiger partial charge < -0.3 is 0 Å². The molecule has 0 aromatic heterocycles. The van der Waals surface area contributed by atoms with E-state index in [9.17, 15) is 0 Å². The minimum atomic E-state index is 0.579. The molecule has 0 radical (unpaired) electrons. The van der Waals surface area contributed by atoms with Crippen LogP contribution in [0.2, 0.25) is 0 Å². The maximum absolute atomic E-state index is 3.65. The van der Waals surface area contributed by atoms with E-state index >= 15 is 0 Å². The predicted molar refractivity (Wildman–Crippen MR) is 71.5 cm³/mol. The topological polar surface area (TPSA) is 0 Å². The second kappa shape index (κ2) is 5.50. The van der Waals surface area contributed by atoms with Gasteiger partial charge in [-0.15, -0.1) is 0 Å². The molecule has 1 heteroatoms. The Morgan fingerprint density at radius 1 is 1.27 bits per heavy atom. The smallest absolute Gasteiger partial charge is 0.0212 e. The molecule has 15 heavy (non-hydrogen) atoms. The van der Waals surface area contributed by atoms with E-state index in [0.717, 1.165) is 6.42 Å². The van der Waals surface area contributed by atoms with Crippen molar-refractivity contribution in [1.29, 1.82) is 0 Å². The normalized spacial score (nSPS) is 13.4. The molecule has 1 aromatic carbocycles. The Morgan fingerprint density at radius 2 is 1.87 bits per heavy atom. The van der Waals surface area contributed by atoms with E-state index in [4.69, 9.17) is 0 Å². The minimum Gasteiger partial charge on any atom is -0.0916 e. The third kappa shape index (κ3) is 3.20. The van der Waals surface area contributed by atoms with Crippen molar-refractivity contribution in [2.24, 2.45) is 0 Å². The van der Waals surface area contributed by atoms with E-state index in [-0.39, 0.29) is 0 Å². The molecular weight excluding hydrogens is 248 g/mol. The lowest BCUT2D eigenvalue weighted by Crippen LogP contribution is -1.95. The highest BCUT2D eigenvalue weighted by Gasteiger charge is 2.09. The van der Waals surface area contributed by atoms with Gasteiger partial charge in [0.1, 0.15) is 0 Å². The first-order valence-corrected chi connectivity index (χ1v) is 6.23. The van der Waals surface area contributed by atoms with Crippen molar-refractivity contribution < 1.29 is 0 Å². The fraction of sp³-hybridized carbons (Fsp3) is 0.429. The van der Waals surface area contributed by atoms with Gasteiger partial charge in [0, 0.05) is 4.47 Å². The maximum Gasteiger partial charge on any atom is 0.0212 e. The van der Waals surface area contributed by atoms with E-state index in [2.05, 4.69) is 67.9 Å². The molecule has 1 atom stereocenters. The zero-order chi connectivity index (χ0) is 11.4. The van der Waals surface area contributed by atoms with Crippen LogP contribution >= 0.6 is 15.9 Å². The molecule has 0 aliphatic rings. The van der Waals surface area contributed by atoms with Gasteiger partial charge in [0.25, 0.3) is 0 Å². The summed E-state index contributed by atoms with van der Waals surface area (Å²) in [4.78, 5) is 0. The summed E-state index contributed by atoms with van der Waals surface area (Å²) in [5.74, 6) is 0.579. The van der Waals surface area contributed by atoms with Crippen LogP contribution in [0.1, 0.15) is 42.9 Å². The molecule has 0 nitrogen and oxygen atoms in total. The fourth-order valence-electron chi connectivity index (χ4n) is 1.65. The average molecular weight is 267 g/mol. The van der Waals surface area contributed by atoms with Crippen molar-refractivity contribution in [2.45, 2.75) is 40.0 Å². The third-order valence-corrected chi connectivity index (χ3v) is 3.56. The van der Waals surface area contributed by atoms with Crippen molar-refractivity contribution in [3.63, 3.8) is 0 Å². The molecule has 0 spiro atoms. The maximum atomic E-state index is 3.65. The highest BCUT2D eigenvalue weighted by Crippen LogP contribution is 2.29. The SMILES string of the molecule is C/C=C\CC(C)c1cc(C)c(C)cc1Br. The lowest BCUT2D eigenvalue weighted by molar-refractivity contribution is 0.774. The van der Waals surface area contributed by atoms with Crippen LogP contribution in [0.25, 0.3) is 0 Å². The quantitative estimate of drug-likeness (QED) is 0.665. The first-order valence-electron chi connectivity index (χ1n) is 5.44. The second-order valence-electron chi connectivity index (χ2n) is 4.16.